The molecule has 2 aliphatic rings. The van der Waals surface area contributed by atoms with Crippen molar-refractivity contribution in [3.63, 3.8) is 0 Å². The number of guanidine groups is 1. The van der Waals surface area contributed by atoms with Gasteiger partial charge in [0, 0.05) is 45.8 Å². The van der Waals surface area contributed by atoms with Crippen LogP contribution < -0.4 is 10.6 Å². The fraction of sp³-hybridized carbons (Fsp3) is 0.682. The zero-order valence-electron chi connectivity index (χ0n) is 18.8. The Kier molecular flexibility index (Phi) is 11.0. The zero-order chi connectivity index (χ0) is 22.3. The molecule has 2 unspecified atom stereocenters. The summed E-state index contributed by atoms with van der Waals surface area (Å²) < 4.78 is 44.2. The largest absolute Gasteiger partial charge is 0.416 e. The number of hydrogen-bond acceptors (Lipinski definition) is 4. The Bertz CT molecular complexity index is 711. The first kappa shape index (κ1) is 27.1. The fourth-order valence-corrected chi connectivity index (χ4v) is 4.47. The fourth-order valence-electron chi connectivity index (χ4n) is 4.47. The number of ether oxygens (including phenoxy) is 1. The van der Waals surface area contributed by atoms with Crippen LogP contribution in [-0.2, 0) is 10.9 Å². The number of halogens is 4. The number of nitrogens with one attached hydrogen (secondary N) is 2. The summed E-state index contributed by atoms with van der Waals surface area (Å²) in [7, 11) is 3.80. The normalized spacial score (nSPS) is 23.5. The van der Waals surface area contributed by atoms with E-state index in [2.05, 4.69) is 25.4 Å². The van der Waals surface area contributed by atoms with Crippen LogP contribution in [0.4, 0.5) is 13.2 Å². The molecule has 2 saturated heterocycles. The van der Waals surface area contributed by atoms with Crippen LogP contribution in [0.3, 0.4) is 0 Å². The van der Waals surface area contributed by atoms with Gasteiger partial charge in [0.1, 0.15) is 0 Å². The van der Waals surface area contributed by atoms with Crippen molar-refractivity contribution in [2.45, 2.75) is 25.1 Å². The van der Waals surface area contributed by atoms with Gasteiger partial charge in [-0.3, -0.25) is 14.8 Å². The van der Waals surface area contributed by atoms with Crippen LogP contribution in [0.5, 0.6) is 0 Å². The van der Waals surface area contributed by atoms with Crippen LogP contribution >= 0.6 is 24.0 Å². The molecule has 3 rings (SSSR count). The number of piperidine rings is 1. The van der Waals surface area contributed by atoms with Crippen molar-refractivity contribution in [3.8, 4) is 0 Å². The molecule has 0 aromatic heterocycles. The number of nitrogens with zero attached hydrogens (tertiary/aromatic N) is 3. The summed E-state index contributed by atoms with van der Waals surface area (Å²) in [6.07, 6.45) is -2.21. The van der Waals surface area contributed by atoms with Crippen molar-refractivity contribution in [1.82, 2.24) is 20.4 Å². The second-order valence-corrected chi connectivity index (χ2v) is 8.28. The zero-order valence-corrected chi connectivity index (χ0v) is 21.2. The van der Waals surface area contributed by atoms with Crippen LogP contribution in [0, 0.1) is 5.92 Å². The molecule has 0 aliphatic carbocycles. The number of morpholine rings is 1. The molecule has 182 valence electrons. The first-order valence-electron chi connectivity index (χ1n) is 11.0. The van der Waals surface area contributed by atoms with Crippen LogP contribution in [0.2, 0.25) is 0 Å². The first-order chi connectivity index (χ1) is 14.9. The smallest absolute Gasteiger partial charge is 0.379 e. The maximum absolute atomic E-state index is 12.9. The molecular formula is C22H35F3IN5O. The maximum Gasteiger partial charge on any atom is 0.416 e. The van der Waals surface area contributed by atoms with Gasteiger partial charge in [-0.1, -0.05) is 12.1 Å². The molecule has 2 aliphatic heterocycles. The second kappa shape index (κ2) is 13.0. The second-order valence-electron chi connectivity index (χ2n) is 8.28. The number of likely N-dealkylation sites (tertiary alicyclic amines) is 1. The predicted molar refractivity (Wildman–Crippen MR) is 132 cm³/mol. The average molecular weight is 569 g/mol. The lowest BCUT2D eigenvalue weighted by atomic mass is 9.84. The molecule has 32 heavy (non-hydrogen) atoms. The van der Waals surface area contributed by atoms with E-state index >= 15 is 0 Å². The summed E-state index contributed by atoms with van der Waals surface area (Å²) in [5.74, 6) is 1.04. The third-order valence-corrected chi connectivity index (χ3v) is 6.17. The highest BCUT2D eigenvalue weighted by Gasteiger charge is 2.33. The lowest BCUT2D eigenvalue weighted by Crippen LogP contribution is -2.47. The third kappa shape index (κ3) is 7.74. The molecule has 1 aromatic rings. The van der Waals surface area contributed by atoms with Gasteiger partial charge in [-0.05, 0) is 50.0 Å². The molecule has 0 amide bonds. The van der Waals surface area contributed by atoms with E-state index in [1.807, 2.05) is 7.05 Å². The Morgan fingerprint density at radius 3 is 2.44 bits per heavy atom. The highest BCUT2D eigenvalue weighted by molar-refractivity contribution is 14.0. The molecule has 10 heteroatoms. The van der Waals surface area contributed by atoms with Gasteiger partial charge in [0.2, 0.25) is 0 Å². The van der Waals surface area contributed by atoms with Gasteiger partial charge < -0.3 is 15.4 Å². The van der Waals surface area contributed by atoms with Gasteiger partial charge in [-0.25, -0.2) is 0 Å². The van der Waals surface area contributed by atoms with Crippen LogP contribution in [0.1, 0.15) is 30.0 Å². The van der Waals surface area contributed by atoms with Crippen molar-refractivity contribution in [3.05, 3.63) is 35.4 Å². The van der Waals surface area contributed by atoms with E-state index in [0.29, 0.717) is 6.54 Å². The monoisotopic (exact) mass is 569 g/mol. The molecule has 6 nitrogen and oxygen atoms in total. The molecule has 0 saturated carbocycles. The molecular weight excluding hydrogens is 534 g/mol. The van der Waals surface area contributed by atoms with E-state index in [0.717, 1.165) is 70.3 Å². The highest BCUT2D eigenvalue weighted by atomic mass is 127. The molecule has 2 N–H and O–H groups in total. The lowest BCUT2D eigenvalue weighted by Gasteiger charge is -2.40. The van der Waals surface area contributed by atoms with Gasteiger partial charge in [0.25, 0.3) is 0 Å². The SMILES string of the molecule is CN=C(NCCN1CCOCC1)NCC1CCCN(C)C1c1ccc(C(F)(F)F)cc1.I. The van der Waals surface area contributed by atoms with Gasteiger partial charge >= 0.3 is 6.18 Å². The Labute approximate surface area is 206 Å². The number of hydrogen-bond donors (Lipinski definition) is 2. The number of aliphatic imine (C=N–C) groups is 1. The minimum atomic E-state index is -4.31. The van der Waals surface area contributed by atoms with E-state index in [4.69, 9.17) is 4.74 Å². The van der Waals surface area contributed by atoms with Gasteiger partial charge in [0.05, 0.1) is 18.8 Å². The minimum absolute atomic E-state index is 0. The highest BCUT2D eigenvalue weighted by Crippen LogP contribution is 2.36. The number of rotatable bonds is 6. The van der Waals surface area contributed by atoms with Crippen molar-refractivity contribution in [2.75, 3.05) is 66.6 Å². The van der Waals surface area contributed by atoms with Crippen molar-refractivity contribution < 1.29 is 17.9 Å². The molecule has 2 heterocycles. The number of benzene rings is 1. The number of alkyl halides is 3. The maximum atomic E-state index is 12.9. The van der Waals surface area contributed by atoms with E-state index in [9.17, 15) is 13.2 Å². The summed E-state index contributed by atoms with van der Waals surface area (Å²) in [5, 5.41) is 6.79. The summed E-state index contributed by atoms with van der Waals surface area (Å²) >= 11 is 0. The van der Waals surface area contributed by atoms with E-state index in [-0.39, 0.29) is 35.9 Å². The van der Waals surface area contributed by atoms with E-state index in [1.165, 1.54) is 12.1 Å². The quantitative estimate of drug-likeness (QED) is 0.313. The van der Waals surface area contributed by atoms with Gasteiger partial charge in [-0.15, -0.1) is 24.0 Å². The lowest BCUT2D eigenvalue weighted by molar-refractivity contribution is -0.137. The van der Waals surface area contributed by atoms with Crippen LogP contribution in [0.25, 0.3) is 0 Å². The molecule has 2 fully saturated rings. The molecule has 0 spiro atoms. The Balaban J connectivity index is 0.00000363. The van der Waals surface area contributed by atoms with E-state index in [1.54, 1.807) is 19.2 Å². The summed E-state index contributed by atoms with van der Waals surface area (Å²) in [5.41, 5.74) is 0.325. The first-order valence-corrected chi connectivity index (χ1v) is 11.0. The summed E-state index contributed by atoms with van der Waals surface area (Å²) in [4.78, 5) is 8.93. The summed E-state index contributed by atoms with van der Waals surface area (Å²) in [6.45, 7) is 6.87. The third-order valence-electron chi connectivity index (χ3n) is 6.17. The predicted octanol–water partition coefficient (Wildman–Crippen LogP) is 3.20. The Morgan fingerprint density at radius 1 is 1.12 bits per heavy atom. The molecule has 2 atom stereocenters. The average Bonchev–Trinajstić information content (AvgIpc) is 2.76. The standard InChI is InChI=1S/C22H34F3N5O.HI/c1-26-21(27-9-11-30-12-14-31-15-13-30)28-16-18-4-3-10-29(2)20(18)17-5-7-19(8-6-17)22(23,24)25;/h5-8,18,20H,3-4,9-16H2,1-2H3,(H2,26,27,28);1H. The van der Waals surface area contributed by atoms with Crippen LogP contribution in [-0.4, -0.2) is 82.3 Å². The minimum Gasteiger partial charge on any atom is -0.379 e. The Hall–Kier alpha value is -1.11. The van der Waals surface area contributed by atoms with Crippen molar-refractivity contribution in [1.29, 1.82) is 0 Å². The van der Waals surface area contributed by atoms with E-state index < -0.39 is 11.7 Å². The van der Waals surface area contributed by atoms with Crippen LogP contribution in [0.15, 0.2) is 29.3 Å². The molecule has 1 aromatic carbocycles. The molecule has 0 radical (unpaired) electrons. The topological polar surface area (TPSA) is 52.1 Å². The van der Waals surface area contributed by atoms with Crippen molar-refractivity contribution >= 4 is 29.9 Å². The van der Waals surface area contributed by atoms with Crippen molar-refractivity contribution in [2.24, 2.45) is 10.9 Å². The summed E-state index contributed by atoms with van der Waals surface area (Å²) in [6, 6.07) is 5.70. The molecule has 0 bridgehead atoms. The Morgan fingerprint density at radius 2 is 1.81 bits per heavy atom. The van der Waals surface area contributed by atoms with Gasteiger partial charge in [0.15, 0.2) is 5.96 Å². The van der Waals surface area contributed by atoms with Gasteiger partial charge in [-0.2, -0.15) is 13.2 Å².